The zero-order chi connectivity index (χ0) is 12.4. The highest BCUT2D eigenvalue weighted by Crippen LogP contribution is 2.16. The summed E-state index contributed by atoms with van der Waals surface area (Å²) in [6.07, 6.45) is 3.63. The number of nitrogens with zero attached hydrogens (tertiary/aromatic N) is 2. The number of carbonyl (C=O) groups is 1. The van der Waals surface area contributed by atoms with E-state index in [1.54, 1.807) is 25.3 Å². The van der Waals surface area contributed by atoms with Crippen LogP contribution in [0.25, 0.3) is 0 Å². The Bertz CT molecular complexity index is 468. The highest BCUT2D eigenvalue weighted by Gasteiger charge is 2.28. The van der Waals surface area contributed by atoms with Crippen LogP contribution in [0, 0.1) is 0 Å². The Morgan fingerprint density at radius 3 is 2.50 bits per heavy atom. The number of aldehydes is 1. The van der Waals surface area contributed by atoms with Gasteiger partial charge in [0.1, 0.15) is 5.69 Å². The van der Waals surface area contributed by atoms with Gasteiger partial charge in [0.15, 0.2) is 16.1 Å². The van der Waals surface area contributed by atoms with Crippen LogP contribution in [-0.4, -0.2) is 34.8 Å². The van der Waals surface area contributed by atoms with Crippen LogP contribution < -0.4 is 0 Å². The maximum Gasteiger partial charge on any atom is 0.169 e. The minimum absolute atomic E-state index is 0.0468. The molecule has 0 saturated heterocycles. The molecule has 0 saturated carbocycles. The smallest absolute Gasteiger partial charge is 0.169 e. The number of hydrogen-bond donors (Lipinski definition) is 0. The van der Waals surface area contributed by atoms with Gasteiger partial charge in [-0.05, 0) is 20.8 Å². The van der Waals surface area contributed by atoms with Crippen LogP contribution in [0.1, 0.15) is 31.3 Å². The summed E-state index contributed by atoms with van der Waals surface area (Å²) < 4.78 is 24.5. The molecule has 16 heavy (non-hydrogen) atoms. The van der Waals surface area contributed by atoms with Gasteiger partial charge in [-0.1, -0.05) is 0 Å². The van der Waals surface area contributed by atoms with Gasteiger partial charge in [0.05, 0.1) is 16.8 Å². The molecule has 0 N–H and O–H groups in total. The molecule has 90 valence electrons. The van der Waals surface area contributed by atoms with E-state index < -0.39 is 14.6 Å². The molecule has 0 fully saturated rings. The summed E-state index contributed by atoms with van der Waals surface area (Å²) in [7, 11) is -3.13. The molecule has 0 radical (unpaired) electrons. The standard InChI is InChI=1S/C10H16N2O3S/c1-10(2,3)16(14,15)5-4-12-6-9(7-13)11-8-12/h6-8H,4-5H2,1-3H3. The molecule has 0 amide bonds. The lowest BCUT2D eigenvalue weighted by atomic mass is 10.3. The van der Waals surface area contributed by atoms with Crippen LogP contribution in [0.4, 0.5) is 0 Å². The Balaban J connectivity index is 2.68. The first kappa shape index (κ1) is 12.9. The Labute approximate surface area is 95.4 Å². The monoisotopic (exact) mass is 244 g/mol. The SMILES string of the molecule is CC(C)(C)S(=O)(=O)CCn1cnc(C=O)c1. The van der Waals surface area contributed by atoms with E-state index in [4.69, 9.17) is 0 Å². The van der Waals surface area contributed by atoms with Crippen molar-refractivity contribution in [1.29, 1.82) is 0 Å². The molecule has 0 aliphatic rings. The molecular formula is C10H16N2O3S. The molecule has 6 heteroatoms. The summed E-state index contributed by atoms with van der Waals surface area (Å²) >= 11 is 0. The molecule has 0 spiro atoms. The van der Waals surface area contributed by atoms with E-state index in [0.29, 0.717) is 18.5 Å². The molecule has 0 aromatic carbocycles. The van der Waals surface area contributed by atoms with Crippen LogP contribution >= 0.6 is 0 Å². The van der Waals surface area contributed by atoms with Gasteiger partial charge < -0.3 is 4.57 Å². The topological polar surface area (TPSA) is 69.0 Å². The van der Waals surface area contributed by atoms with Gasteiger partial charge in [-0.2, -0.15) is 0 Å². The van der Waals surface area contributed by atoms with Gasteiger partial charge in [0.25, 0.3) is 0 Å². The largest absolute Gasteiger partial charge is 0.336 e. The van der Waals surface area contributed by atoms with Crippen LogP contribution in [-0.2, 0) is 16.4 Å². The molecule has 0 aliphatic heterocycles. The minimum atomic E-state index is -3.13. The fourth-order valence-corrected chi connectivity index (χ4v) is 2.16. The molecule has 1 aromatic rings. The van der Waals surface area contributed by atoms with E-state index in [0.717, 1.165) is 0 Å². The molecule has 5 nitrogen and oxygen atoms in total. The molecule has 1 aromatic heterocycles. The van der Waals surface area contributed by atoms with Crippen molar-refractivity contribution in [3.05, 3.63) is 18.2 Å². The first-order valence-corrected chi connectivity index (χ1v) is 6.61. The van der Waals surface area contributed by atoms with Crippen molar-refractivity contribution in [2.75, 3.05) is 5.75 Å². The van der Waals surface area contributed by atoms with Crippen molar-refractivity contribution in [3.8, 4) is 0 Å². The van der Waals surface area contributed by atoms with Crippen molar-refractivity contribution < 1.29 is 13.2 Å². The van der Waals surface area contributed by atoms with E-state index in [-0.39, 0.29) is 5.75 Å². The van der Waals surface area contributed by atoms with Crippen LogP contribution in [0.3, 0.4) is 0 Å². The van der Waals surface area contributed by atoms with Crippen molar-refractivity contribution in [2.24, 2.45) is 0 Å². The van der Waals surface area contributed by atoms with E-state index in [1.807, 2.05) is 0 Å². The van der Waals surface area contributed by atoms with Crippen LogP contribution in [0.5, 0.6) is 0 Å². The molecule has 0 atom stereocenters. The predicted octanol–water partition coefficient (Wildman–Crippen LogP) is 0.909. The van der Waals surface area contributed by atoms with Crippen LogP contribution in [0.2, 0.25) is 0 Å². The molecule has 0 aliphatic carbocycles. The lowest BCUT2D eigenvalue weighted by molar-refractivity contribution is 0.111. The van der Waals surface area contributed by atoms with Crippen molar-refractivity contribution in [2.45, 2.75) is 32.1 Å². The maximum absolute atomic E-state index is 11.8. The lowest BCUT2D eigenvalue weighted by Crippen LogP contribution is -2.31. The second kappa shape index (κ2) is 4.37. The molecule has 1 heterocycles. The molecule has 0 unspecified atom stereocenters. The average molecular weight is 244 g/mol. The van der Waals surface area contributed by atoms with Gasteiger partial charge in [-0.3, -0.25) is 4.79 Å². The number of sulfone groups is 1. The Morgan fingerprint density at radius 2 is 2.06 bits per heavy atom. The van der Waals surface area contributed by atoms with Crippen molar-refractivity contribution in [3.63, 3.8) is 0 Å². The number of carbonyl (C=O) groups excluding carboxylic acids is 1. The zero-order valence-corrected chi connectivity index (χ0v) is 10.5. The van der Waals surface area contributed by atoms with E-state index in [9.17, 15) is 13.2 Å². The highest BCUT2D eigenvalue weighted by molar-refractivity contribution is 7.92. The Hall–Kier alpha value is -1.17. The highest BCUT2D eigenvalue weighted by atomic mass is 32.2. The van der Waals surface area contributed by atoms with Crippen molar-refractivity contribution in [1.82, 2.24) is 9.55 Å². The summed E-state index contributed by atoms with van der Waals surface area (Å²) in [5.41, 5.74) is 0.313. The summed E-state index contributed by atoms with van der Waals surface area (Å²) in [5.74, 6) is 0.0468. The fourth-order valence-electron chi connectivity index (χ4n) is 1.09. The Kier molecular flexibility index (Phi) is 3.52. The normalized spacial score (nSPS) is 12.7. The predicted molar refractivity (Wildman–Crippen MR) is 61.2 cm³/mol. The van der Waals surface area contributed by atoms with Crippen LogP contribution in [0.15, 0.2) is 12.5 Å². The number of aryl methyl sites for hydroxylation is 1. The van der Waals surface area contributed by atoms with Gasteiger partial charge in [0, 0.05) is 12.7 Å². The first-order valence-electron chi connectivity index (χ1n) is 4.95. The van der Waals surface area contributed by atoms with Gasteiger partial charge in [-0.15, -0.1) is 0 Å². The summed E-state index contributed by atoms with van der Waals surface area (Å²) in [6.45, 7) is 5.34. The first-order chi connectivity index (χ1) is 7.26. The van der Waals surface area contributed by atoms with Gasteiger partial charge in [-0.25, -0.2) is 13.4 Å². The Morgan fingerprint density at radius 1 is 1.44 bits per heavy atom. The minimum Gasteiger partial charge on any atom is -0.336 e. The number of hydrogen-bond acceptors (Lipinski definition) is 4. The quantitative estimate of drug-likeness (QED) is 0.738. The second-order valence-electron chi connectivity index (χ2n) is 4.59. The maximum atomic E-state index is 11.8. The number of aromatic nitrogens is 2. The summed E-state index contributed by atoms with van der Waals surface area (Å²) in [6, 6.07) is 0. The third-order valence-corrected chi connectivity index (χ3v) is 4.91. The van der Waals surface area contributed by atoms with E-state index >= 15 is 0 Å². The van der Waals surface area contributed by atoms with Crippen molar-refractivity contribution >= 4 is 16.1 Å². The van der Waals surface area contributed by atoms with Gasteiger partial charge in [0.2, 0.25) is 0 Å². The summed E-state index contributed by atoms with van der Waals surface area (Å²) in [4.78, 5) is 14.2. The van der Waals surface area contributed by atoms with Gasteiger partial charge >= 0.3 is 0 Å². The number of imidazole rings is 1. The number of rotatable bonds is 4. The van der Waals surface area contributed by atoms with E-state index in [1.165, 1.54) is 12.5 Å². The third-order valence-electron chi connectivity index (χ3n) is 2.33. The zero-order valence-electron chi connectivity index (χ0n) is 9.67. The second-order valence-corrected chi connectivity index (χ2v) is 7.45. The van der Waals surface area contributed by atoms with E-state index in [2.05, 4.69) is 4.98 Å². The summed E-state index contributed by atoms with van der Waals surface area (Å²) in [5, 5.41) is 0. The lowest BCUT2D eigenvalue weighted by Gasteiger charge is -2.18. The average Bonchev–Trinajstić information content (AvgIpc) is 2.60. The fraction of sp³-hybridized carbons (Fsp3) is 0.600. The molecule has 1 rings (SSSR count). The molecular weight excluding hydrogens is 228 g/mol. The molecule has 0 bridgehead atoms. The third kappa shape index (κ3) is 2.91.